The van der Waals surface area contributed by atoms with Crippen LogP contribution in [0.25, 0.3) is 0 Å². The third kappa shape index (κ3) is 4.56. The molecule has 1 amide bonds. The molecule has 0 bridgehead atoms. The Morgan fingerprint density at radius 2 is 1.91 bits per heavy atom. The number of carboxylic acids is 1. The second-order valence-corrected chi connectivity index (χ2v) is 6.03. The number of hydrogen-bond acceptors (Lipinski definition) is 3. The summed E-state index contributed by atoms with van der Waals surface area (Å²) in [5.74, 6) is -1.30. The zero-order chi connectivity index (χ0) is 15.9. The van der Waals surface area contributed by atoms with Crippen LogP contribution in [-0.4, -0.2) is 29.6 Å². The molecule has 3 unspecified atom stereocenters. The molecule has 0 aromatic heterocycles. The molecule has 1 aliphatic carbocycles. The first-order chi connectivity index (χ1) is 10.6. The van der Waals surface area contributed by atoms with E-state index in [1.165, 1.54) is 0 Å². The van der Waals surface area contributed by atoms with Crippen LogP contribution in [0.15, 0.2) is 30.3 Å². The second-order valence-electron chi connectivity index (χ2n) is 6.03. The summed E-state index contributed by atoms with van der Waals surface area (Å²) in [4.78, 5) is 23.3. The van der Waals surface area contributed by atoms with E-state index < -0.39 is 12.0 Å². The van der Waals surface area contributed by atoms with Gasteiger partial charge in [0.15, 0.2) is 0 Å². The van der Waals surface area contributed by atoms with Crippen LogP contribution in [0.4, 0.5) is 0 Å². The SMILES string of the molecule is NC(Cc1ccccc1)C(=O)NCC1CCCCC1C(=O)O. The summed E-state index contributed by atoms with van der Waals surface area (Å²) in [7, 11) is 0. The van der Waals surface area contributed by atoms with Crippen molar-refractivity contribution in [2.75, 3.05) is 6.54 Å². The lowest BCUT2D eigenvalue weighted by atomic mass is 9.79. The molecular weight excluding hydrogens is 280 g/mol. The maximum absolute atomic E-state index is 12.1. The van der Waals surface area contributed by atoms with Crippen LogP contribution in [0.3, 0.4) is 0 Å². The zero-order valence-electron chi connectivity index (χ0n) is 12.7. The molecule has 2 rings (SSSR count). The minimum Gasteiger partial charge on any atom is -0.481 e. The predicted molar refractivity (Wildman–Crippen MR) is 84.2 cm³/mol. The van der Waals surface area contributed by atoms with Gasteiger partial charge in [0.05, 0.1) is 12.0 Å². The van der Waals surface area contributed by atoms with Crippen molar-refractivity contribution >= 4 is 11.9 Å². The molecule has 3 atom stereocenters. The number of carboxylic acid groups (broad SMARTS) is 1. The lowest BCUT2D eigenvalue weighted by molar-refractivity contribution is -0.145. The first-order valence-corrected chi connectivity index (χ1v) is 7.88. The maximum atomic E-state index is 12.1. The van der Waals surface area contributed by atoms with Gasteiger partial charge in [-0.3, -0.25) is 9.59 Å². The van der Waals surface area contributed by atoms with Gasteiger partial charge in [-0.15, -0.1) is 0 Å². The van der Waals surface area contributed by atoms with Gasteiger partial charge in [0.2, 0.25) is 5.91 Å². The highest BCUT2D eigenvalue weighted by Gasteiger charge is 2.31. The lowest BCUT2D eigenvalue weighted by Crippen LogP contribution is -2.45. The highest BCUT2D eigenvalue weighted by atomic mass is 16.4. The summed E-state index contributed by atoms with van der Waals surface area (Å²) in [6.45, 7) is 0.401. The third-order valence-electron chi connectivity index (χ3n) is 4.40. The number of amides is 1. The summed E-state index contributed by atoms with van der Waals surface area (Å²) in [6.07, 6.45) is 4.02. The van der Waals surface area contributed by atoms with Gasteiger partial charge in [0.25, 0.3) is 0 Å². The molecule has 4 N–H and O–H groups in total. The van der Waals surface area contributed by atoms with Gasteiger partial charge in [0.1, 0.15) is 0 Å². The van der Waals surface area contributed by atoms with Gasteiger partial charge in [-0.1, -0.05) is 43.2 Å². The van der Waals surface area contributed by atoms with Crippen LogP contribution in [-0.2, 0) is 16.0 Å². The van der Waals surface area contributed by atoms with Crippen molar-refractivity contribution in [3.8, 4) is 0 Å². The summed E-state index contributed by atoms with van der Waals surface area (Å²) in [6, 6.07) is 9.03. The van der Waals surface area contributed by atoms with E-state index in [0.29, 0.717) is 19.4 Å². The average molecular weight is 304 g/mol. The van der Waals surface area contributed by atoms with Crippen LogP contribution in [0.2, 0.25) is 0 Å². The molecule has 1 aliphatic rings. The summed E-state index contributed by atoms with van der Waals surface area (Å²) in [5.41, 5.74) is 6.95. The topological polar surface area (TPSA) is 92.4 Å². The molecule has 1 saturated carbocycles. The number of benzene rings is 1. The molecule has 0 radical (unpaired) electrons. The minimum absolute atomic E-state index is 0.0131. The minimum atomic E-state index is -0.757. The fourth-order valence-corrected chi connectivity index (χ4v) is 3.10. The predicted octanol–water partition coefficient (Wildman–Crippen LogP) is 1.56. The Labute approximate surface area is 130 Å². The number of nitrogens with one attached hydrogen (secondary N) is 1. The third-order valence-corrected chi connectivity index (χ3v) is 4.40. The van der Waals surface area contributed by atoms with E-state index in [4.69, 9.17) is 5.73 Å². The first kappa shape index (κ1) is 16.5. The van der Waals surface area contributed by atoms with Crippen molar-refractivity contribution in [3.63, 3.8) is 0 Å². The first-order valence-electron chi connectivity index (χ1n) is 7.88. The quantitative estimate of drug-likeness (QED) is 0.743. The smallest absolute Gasteiger partial charge is 0.306 e. The van der Waals surface area contributed by atoms with Gasteiger partial charge < -0.3 is 16.2 Å². The van der Waals surface area contributed by atoms with Gasteiger partial charge in [-0.05, 0) is 30.7 Å². The van der Waals surface area contributed by atoms with Crippen LogP contribution < -0.4 is 11.1 Å². The Morgan fingerprint density at radius 1 is 1.23 bits per heavy atom. The Morgan fingerprint density at radius 3 is 2.59 bits per heavy atom. The van der Waals surface area contributed by atoms with Gasteiger partial charge in [0, 0.05) is 6.54 Å². The Bertz CT molecular complexity index is 504. The molecule has 1 aromatic carbocycles. The lowest BCUT2D eigenvalue weighted by Gasteiger charge is -2.29. The van der Waals surface area contributed by atoms with Crippen molar-refractivity contribution in [3.05, 3.63) is 35.9 Å². The van der Waals surface area contributed by atoms with Gasteiger partial charge >= 0.3 is 5.97 Å². The Hall–Kier alpha value is -1.88. The van der Waals surface area contributed by atoms with Crippen LogP contribution in [0.5, 0.6) is 0 Å². The number of carbonyl (C=O) groups excluding carboxylic acids is 1. The standard InChI is InChI=1S/C17H24N2O3/c18-15(10-12-6-2-1-3-7-12)16(20)19-11-13-8-4-5-9-14(13)17(21)22/h1-3,6-7,13-15H,4-5,8-11,18H2,(H,19,20)(H,21,22). The highest BCUT2D eigenvalue weighted by molar-refractivity contribution is 5.81. The van der Waals surface area contributed by atoms with Crippen molar-refractivity contribution < 1.29 is 14.7 Å². The molecule has 0 heterocycles. The van der Waals surface area contributed by atoms with Crippen molar-refractivity contribution in [2.45, 2.75) is 38.1 Å². The molecule has 1 fully saturated rings. The normalized spacial score (nSPS) is 22.8. The largest absolute Gasteiger partial charge is 0.481 e. The molecule has 1 aromatic rings. The highest BCUT2D eigenvalue weighted by Crippen LogP contribution is 2.29. The number of carbonyl (C=O) groups is 2. The fourth-order valence-electron chi connectivity index (χ4n) is 3.10. The molecule has 5 heteroatoms. The number of rotatable bonds is 6. The van der Waals surface area contributed by atoms with E-state index >= 15 is 0 Å². The number of hydrogen-bond donors (Lipinski definition) is 3. The van der Waals surface area contributed by atoms with E-state index in [-0.39, 0.29) is 17.7 Å². The summed E-state index contributed by atoms with van der Waals surface area (Å²) < 4.78 is 0. The summed E-state index contributed by atoms with van der Waals surface area (Å²) in [5, 5.41) is 12.1. The molecule has 0 saturated heterocycles. The Balaban J connectivity index is 1.82. The maximum Gasteiger partial charge on any atom is 0.306 e. The van der Waals surface area contributed by atoms with E-state index in [1.54, 1.807) is 0 Å². The fraction of sp³-hybridized carbons (Fsp3) is 0.529. The summed E-state index contributed by atoms with van der Waals surface area (Å²) >= 11 is 0. The van der Waals surface area contributed by atoms with Crippen molar-refractivity contribution in [1.29, 1.82) is 0 Å². The van der Waals surface area contributed by atoms with Crippen LogP contribution >= 0.6 is 0 Å². The van der Waals surface area contributed by atoms with Crippen molar-refractivity contribution in [1.82, 2.24) is 5.32 Å². The number of nitrogens with two attached hydrogens (primary N) is 1. The zero-order valence-corrected chi connectivity index (χ0v) is 12.7. The average Bonchev–Trinajstić information content (AvgIpc) is 2.53. The molecular formula is C17H24N2O3. The van der Waals surface area contributed by atoms with Crippen LogP contribution in [0, 0.1) is 11.8 Å². The van der Waals surface area contributed by atoms with E-state index in [2.05, 4.69) is 5.32 Å². The molecule has 0 aliphatic heterocycles. The van der Waals surface area contributed by atoms with Gasteiger partial charge in [-0.25, -0.2) is 0 Å². The molecule has 22 heavy (non-hydrogen) atoms. The van der Waals surface area contributed by atoms with E-state index in [0.717, 1.165) is 24.8 Å². The van der Waals surface area contributed by atoms with E-state index in [1.807, 2.05) is 30.3 Å². The molecule has 5 nitrogen and oxygen atoms in total. The van der Waals surface area contributed by atoms with Gasteiger partial charge in [-0.2, -0.15) is 0 Å². The monoisotopic (exact) mass is 304 g/mol. The van der Waals surface area contributed by atoms with E-state index in [9.17, 15) is 14.7 Å². The Kier molecular flexibility index (Phi) is 5.95. The van der Waals surface area contributed by atoms with Crippen molar-refractivity contribution in [2.24, 2.45) is 17.6 Å². The second kappa shape index (κ2) is 7.94. The molecule has 0 spiro atoms. The molecule has 120 valence electrons. The van der Waals surface area contributed by atoms with Crippen LogP contribution in [0.1, 0.15) is 31.2 Å². The number of aliphatic carboxylic acids is 1.